The van der Waals surface area contributed by atoms with Crippen molar-refractivity contribution in [3.63, 3.8) is 0 Å². The second-order valence-electron chi connectivity index (χ2n) is 8.05. The maximum Gasteiger partial charge on any atom is 0.398 e. The van der Waals surface area contributed by atoms with E-state index in [0.717, 1.165) is 26.0 Å². The topological polar surface area (TPSA) is 63.0 Å². The number of carbonyl (C=O) groups is 1. The van der Waals surface area contributed by atoms with Crippen LogP contribution in [0.3, 0.4) is 0 Å². The first-order chi connectivity index (χ1) is 15.3. The lowest BCUT2D eigenvalue weighted by molar-refractivity contribution is -0.201. The molecule has 1 heterocycles. The molecular weight excluding hydrogens is 462 g/mol. The molecule has 180 valence electrons. The van der Waals surface area contributed by atoms with Gasteiger partial charge >= 0.3 is 6.18 Å². The number of allylic oxidation sites excluding steroid dienone is 4. The number of amides is 1. The zero-order chi connectivity index (χ0) is 25.0. The second-order valence-corrected chi connectivity index (χ2v) is 8.49. The first-order valence-electron chi connectivity index (χ1n) is 10.1. The summed E-state index contributed by atoms with van der Waals surface area (Å²) >= 11 is 5.74. The number of carbonyl (C=O) groups excluding carboxylic acids is 1. The number of alkyl halides is 3. The van der Waals surface area contributed by atoms with Gasteiger partial charge in [-0.25, -0.2) is 4.39 Å². The summed E-state index contributed by atoms with van der Waals surface area (Å²) in [7, 11) is 1.41. The Morgan fingerprint density at radius 1 is 1.33 bits per heavy atom. The van der Waals surface area contributed by atoms with Gasteiger partial charge in [0.2, 0.25) is 6.23 Å². The minimum Gasteiger partial charge on any atom is -0.369 e. The summed E-state index contributed by atoms with van der Waals surface area (Å²) in [4.78, 5) is 21.6. The molecule has 0 bridgehead atoms. The number of nitrogens with one attached hydrogen (secondary N) is 1. The van der Waals surface area contributed by atoms with Crippen molar-refractivity contribution >= 4 is 28.4 Å². The molecule has 1 N–H and O–H groups in total. The van der Waals surface area contributed by atoms with Crippen LogP contribution >= 0.6 is 11.6 Å². The third-order valence-electron chi connectivity index (χ3n) is 5.58. The quantitative estimate of drug-likeness (QED) is 0.282. The first-order valence-corrected chi connectivity index (χ1v) is 10.5. The number of aryl methyl sites for hydroxylation is 1. The number of hydrogen-bond donors (Lipinski definition) is 1. The number of rotatable bonds is 7. The highest BCUT2D eigenvalue weighted by atomic mass is 35.5. The zero-order valence-corrected chi connectivity index (χ0v) is 19.7. The van der Waals surface area contributed by atoms with Gasteiger partial charge in [-0.15, -0.1) is 0 Å². The lowest BCUT2D eigenvalue weighted by Gasteiger charge is -2.33. The smallest absolute Gasteiger partial charge is 0.369 e. The number of hydrogen-bond acceptors (Lipinski definition) is 4. The molecule has 1 aliphatic rings. The monoisotopic (exact) mass is 487 g/mol. The molecule has 2 rings (SSSR count). The number of aliphatic imine (C=N–C) groups is 1. The Balaban J connectivity index is 2.30. The molecule has 2 atom stereocenters. The molecule has 10 heteroatoms. The largest absolute Gasteiger partial charge is 0.398 e. The Hall–Kier alpha value is -2.68. The number of benzene rings is 1. The Morgan fingerprint density at radius 3 is 2.48 bits per heavy atom. The van der Waals surface area contributed by atoms with E-state index in [1.54, 1.807) is 19.1 Å². The fourth-order valence-electron chi connectivity index (χ4n) is 3.28. The molecule has 1 aliphatic heterocycles. The maximum absolute atomic E-state index is 14.1. The summed E-state index contributed by atoms with van der Waals surface area (Å²) in [6, 6.07) is 4.67. The summed E-state index contributed by atoms with van der Waals surface area (Å²) in [5.41, 5.74) is -0.768. The van der Waals surface area contributed by atoms with Crippen LogP contribution in [0.15, 0.2) is 51.9 Å². The van der Waals surface area contributed by atoms with Gasteiger partial charge in [0.15, 0.2) is 5.17 Å². The summed E-state index contributed by atoms with van der Waals surface area (Å²) in [6.07, 6.45) is -3.34. The van der Waals surface area contributed by atoms with Crippen LogP contribution in [0.25, 0.3) is 0 Å². The molecule has 1 aromatic carbocycles. The fourth-order valence-corrected chi connectivity index (χ4v) is 3.46. The molecule has 0 saturated carbocycles. The van der Waals surface area contributed by atoms with Crippen LogP contribution in [0.5, 0.6) is 0 Å². The van der Waals surface area contributed by atoms with Crippen molar-refractivity contribution in [3.8, 4) is 0 Å². The van der Waals surface area contributed by atoms with E-state index in [0.29, 0.717) is 16.7 Å². The lowest BCUT2D eigenvalue weighted by Crippen LogP contribution is -2.38. The van der Waals surface area contributed by atoms with E-state index in [1.807, 2.05) is 0 Å². The minimum atomic E-state index is -4.60. The average molecular weight is 488 g/mol. The molecule has 0 aliphatic carbocycles. The van der Waals surface area contributed by atoms with E-state index >= 15 is 0 Å². The Labute approximate surface area is 195 Å². The maximum atomic E-state index is 14.1. The summed E-state index contributed by atoms with van der Waals surface area (Å²) in [6.45, 7) is 5.22. The van der Waals surface area contributed by atoms with Crippen LogP contribution in [-0.4, -0.2) is 36.2 Å². The van der Waals surface area contributed by atoms with Gasteiger partial charge in [0.05, 0.1) is 17.7 Å². The van der Waals surface area contributed by atoms with E-state index in [9.17, 15) is 22.4 Å². The van der Waals surface area contributed by atoms with Gasteiger partial charge in [-0.2, -0.15) is 13.2 Å². The van der Waals surface area contributed by atoms with Crippen molar-refractivity contribution < 1.29 is 27.2 Å². The van der Waals surface area contributed by atoms with E-state index in [4.69, 9.17) is 16.4 Å². The van der Waals surface area contributed by atoms with E-state index in [1.165, 1.54) is 20.0 Å². The molecular formula is C23H26ClF4N3O2. The summed E-state index contributed by atoms with van der Waals surface area (Å²) in [5.74, 6) is -1.02. The molecule has 0 saturated heterocycles. The summed E-state index contributed by atoms with van der Waals surface area (Å²) in [5, 5.41) is 6.44. The zero-order valence-electron chi connectivity index (χ0n) is 19.0. The number of nitrogens with zero attached hydrogens (tertiary/aromatic N) is 2. The molecule has 1 amide bonds. The van der Waals surface area contributed by atoms with Crippen LogP contribution in [-0.2, 0) is 4.84 Å². The van der Waals surface area contributed by atoms with Crippen molar-refractivity contribution in [1.29, 1.82) is 0 Å². The summed E-state index contributed by atoms with van der Waals surface area (Å²) < 4.78 is 55.3. The van der Waals surface area contributed by atoms with Gasteiger partial charge in [0.1, 0.15) is 0 Å². The predicted octanol–water partition coefficient (Wildman–Crippen LogP) is 6.22. The van der Waals surface area contributed by atoms with E-state index in [2.05, 4.69) is 15.5 Å². The van der Waals surface area contributed by atoms with Crippen LogP contribution in [0.1, 0.15) is 55.1 Å². The standard InChI is InChI=1S/C23H26ClF4N3O2/c1-13-10-16(8-9-17(13)21(32)30-20-11-19(24)31-33-20)18(29-5)12-22(4,23(26,27)28)14(2)6-7-15(3)25/h6-10,20H,11-12H2,1-5H3,(H,30,32)/b14-6+,15-7+,29-18?. The number of halogens is 5. The van der Waals surface area contributed by atoms with Crippen molar-refractivity contribution in [2.45, 2.75) is 52.9 Å². The average Bonchev–Trinajstić information content (AvgIpc) is 3.13. The second kappa shape index (κ2) is 10.5. The van der Waals surface area contributed by atoms with Gasteiger partial charge in [-0.05, 0) is 57.0 Å². The predicted molar refractivity (Wildman–Crippen MR) is 121 cm³/mol. The Kier molecular flexibility index (Phi) is 8.46. The third-order valence-corrected chi connectivity index (χ3v) is 5.80. The first kappa shape index (κ1) is 26.6. The van der Waals surface area contributed by atoms with Gasteiger partial charge in [0.25, 0.3) is 5.91 Å². The van der Waals surface area contributed by atoms with Crippen LogP contribution in [0.4, 0.5) is 17.6 Å². The lowest BCUT2D eigenvalue weighted by atomic mass is 9.76. The van der Waals surface area contributed by atoms with E-state index in [-0.39, 0.29) is 22.9 Å². The van der Waals surface area contributed by atoms with Gasteiger partial charge in [0, 0.05) is 24.7 Å². The molecule has 2 unspecified atom stereocenters. The fraction of sp³-hybridized carbons (Fsp3) is 0.435. The van der Waals surface area contributed by atoms with Gasteiger partial charge in [-0.1, -0.05) is 34.5 Å². The highest BCUT2D eigenvalue weighted by Gasteiger charge is 2.52. The van der Waals surface area contributed by atoms with Crippen LogP contribution < -0.4 is 5.32 Å². The SMILES string of the molecule is CN=C(CC(C)(/C(C)=C/C=C(\C)F)C(F)(F)F)c1ccc(C(=O)NC2CC(Cl)=NO2)c(C)c1. The minimum absolute atomic E-state index is 0.0432. The Bertz CT molecular complexity index is 1030. The molecule has 33 heavy (non-hydrogen) atoms. The van der Waals surface area contributed by atoms with Crippen molar-refractivity contribution in [2.75, 3.05) is 7.05 Å². The normalized spacial score (nSPS) is 19.6. The van der Waals surface area contributed by atoms with E-state index < -0.39 is 36.0 Å². The molecule has 0 aromatic heterocycles. The van der Waals surface area contributed by atoms with Crippen LogP contribution in [0.2, 0.25) is 0 Å². The van der Waals surface area contributed by atoms with Crippen molar-refractivity contribution in [3.05, 3.63) is 58.4 Å². The molecule has 0 spiro atoms. The highest BCUT2D eigenvalue weighted by molar-refractivity contribution is 6.65. The highest BCUT2D eigenvalue weighted by Crippen LogP contribution is 2.47. The van der Waals surface area contributed by atoms with Gasteiger partial charge < -0.3 is 10.2 Å². The Morgan fingerprint density at radius 2 is 2.00 bits per heavy atom. The third kappa shape index (κ3) is 6.43. The molecule has 1 aromatic rings. The van der Waals surface area contributed by atoms with Crippen molar-refractivity contribution in [1.82, 2.24) is 5.32 Å². The molecule has 0 radical (unpaired) electrons. The van der Waals surface area contributed by atoms with Crippen LogP contribution in [0, 0.1) is 12.3 Å². The van der Waals surface area contributed by atoms with Gasteiger partial charge in [-0.3, -0.25) is 9.79 Å². The molecule has 0 fully saturated rings. The van der Waals surface area contributed by atoms with Crippen molar-refractivity contribution in [2.24, 2.45) is 15.6 Å². The molecule has 5 nitrogen and oxygen atoms in total. The number of oxime groups is 1.